The molecular weight excluding hydrogens is 290 g/mol. The van der Waals surface area contributed by atoms with E-state index in [2.05, 4.69) is 0 Å². The number of carbonyl (C=O) groups excluding carboxylic acids is 3. The monoisotopic (exact) mass is 307 g/mol. The Labute approximate surface area is 126 Å². The number of amides is 1. The highest BCUT2D eigenvalue weighted by molar-refractivity contribution is 6.14. The summed E-state index contributed by atoms with van der Waals surface area (Å²) in [6, 6.07) is 2.08. The van der Waals surface area contributed by atoms with Crippen LogP contribution in [0.25, 0.3) is 0 Å². The predicted octanol–water partition coefficient (Wildman–Crippen LogP) is -0.480. The van der Waals surface area contributed by atoms with Gasteiger partial charge in [0.15, 0.2) is 17.1 Å². The molecule has 0 unspecified atom stereocenters. The Bertz CT molecular complexity index is 629. The van der Waals surface area contributed by atoms with E-state index in [1.54, 1.807) is 0 Å². The van der Waals surface area contributed by atoms with Crippen LogP contribution in [0.1, 0.15) is 35.2 Å². The molecule has 0 saturated heterocycles. The van der Waals surface area contributed by atoms with Crippen molar-refractivity contribution in [2.24, 2.45) is 11.6 Å². The average Bonchev–Trinajstić information content (AvgIpc) is 2.43. The topological polar surface area (TPSA) is 147 Å². The summed E-state index contributed by atoms with van der Waals surface area (Å²) >= 11 is 0. The maximum Gasteiger partial charge on any atom is 0.275 e. The molecule has 22 heavy (non-hydrogen) atoms. The quantitative estimate of drug-likeness (QED) is 0.250. The highest BCUT2D eigenvalue weighted by Crippen LogP contribution is 2.36. The number of phenols is 2. The third-order valence-electron chi connectivity index (χ3n) is 3.77. The van der Waals surface area contributed by atoms with Crippen molar-refractivity contribution in [1.82, 2.24) is 5.01 Å². The molecule has 0 atom stereocenters. The molecule has 1 aliphatic rings. The molecule has 0 aliphatic heterocycles. The number of nitrogens with zero attached hydrogens (tertiary/aromatic N) is 1. The second-order valence-corrected chi connectivity index (χ2v) is 5.31. The lowest BCUT2D eigenvalue weighted by molar-refractivity contribution is -0.137. The summed E-state index contributed by atoms with van der Waals surface area (Å²) in [7, 11) is 1.24. The molecule has 1 saturated carbocycles. The van der Waals surface area contributed by atoms with Gasteiger partial charge in [0.2, 0.25) is 0 Å². The summed E-state index contributed by atoms with van der Waals surface area (Å²) in [5, 5.41) is 20.6. The van der Waals surface area contributed by atoms with Crippen molar-refractivity contribution in [3.63, 3.8) is 0 Å². The summed E-state index contributed by atoms with van der Waals surface area (Å²) in [6.45, 7) is 0. The van der Waals surface area contributed by atoms with Crippen molar-refractivity contribution < 1.29 is 24.6 Å². The SMILES string of the molecule is CN(N)C(=O)c1c(O)cc(C2(N)C(=O)CCCC2=O)cc1O. The molecule has 1 aliphatic carbocycles. The van der Waals surface area contributed by atoms with Crippen molar-refractivity contribution in [3.05, 3.63) is 23.3 Å². The Morgan fingerprint density at radius 3 is 2.05 bits per heavy atom. The van der Waals surface area contributed by atoms with Crippen molar-refractivity contribution in [1.29, 1.82) is 0 Å². The van der Waals surface area contributed by atoms with E-state index < -0.39 is 40.1 Å². The number of Topliss-reactive ketones (excluding diaryl/α,β-unsaturated/α-hetero) is 2. The second kappa shape index (κ2) is 5.39. The molecule has 0 bridgehead atoms. The summed E-state index contributed by atoms with van der Waals surface area (Å²) in [4.78, 5) is 35.9. The molecule has 8 heteroatoms. The normalized spacial score (nSPS) is 17.4. The van der Waals surface area contributed by atoms with Gasteiger partial charge in [0, 0.05) is 19.9 Å². The van der Waals surface area contributed by atoms with Gasteiger partial charge in [-0.1, -0.05) is 0 Å². The van der Waals surface area contributed by atoms with Gasteiger partial charge in [-0.05, 0) is 24.1 Å². The van der Waals surface area contributed by atoms with Crippen molar-refractivity contribution in [2.45, 2.75) is 24.8 Å². The van der Waals surface area contributed by atoms with E-state index in [4.69, 9.17) is 11.6 Å². The number of phenolic OH excluding ortho intramolecular Hbond substituents is 2. The standard InChI is InChI=1S/C14H17N3O5/c1-17(16)13(22)12-8(18)5-7(6-9(12)19)14(15)10(20)3-2-4-11(14)21/h5-6,18-19H,2-4,15-16H2,1H3. The number of carbonyl (C=O) groups is 3. The average molecular weight is 307 g/mol. The number of nitrogens with two attached hydrogens (primary N) is 2. The fourth-order valence-electron chi connectivity index (χ4n) is 2.52. The van der Waals surface area contributed by atoms with E-state index in [0.29, 0.717) is 11.4 Å². The van der Waals surface area contributed by atoms with Gasteiger partial charge in [-0.3, -0.25) is 19.4 Å². The van der Waals surface area contributed by atoms with E-state index in [1.165, 1.54) is 7.05 Å². The first-order chi connectivity index (χ1) is 10.2. The first kappa shape index (κ1) is 15.9. The van der Waals surface area contributed by atoms with E-state index in [0.717, 1.165) is 12.1 Å². The minimum atomic E-state index is -1.91. The molecule has 0 radical (unpaired) electrons. The predicted molar refractivity (Wildman–Crippen MR) is 75.8 cm³/mol. The maximum atomic E-state index is 12.1. The molecule has 1 aromatic carbocycles. The van der Waals surface area contributed by atoms with Gasteiger partial charge in [0.05, 0.1) is 0 Å². The number of aromatic hydroxyl groups is 2. The van der Waals surface area contributed by atoms with Crippen LogP contribution < -0.4 is 11.6 Å². The summed E-state index contributed by atoms with van der Waals surface area (Å²) in [5.41, 5.74) is 3.57. The third kappa shape index (κ3) is 2.32. The minimum Gasteiger partial charge on any atom is -0.507 e. The Hall–Kier alpha value is -2.45. The van der Waals surface area contributed by atoms with Crippen molar-refractivity contribution >= 4 is 17.5 Å². The Morgan fingerprint density at radius 2 is 1.64 bits per heavy atom. The first-order valence-electron chi connectivity index (χ1n) is 6.64. The van der Waals surface area contributed by atoms with Gasteiger partial charge in [-0.25, -0.2) is 5.84 Å². The first-order valence-corrected chi connectivity index (χ1v) is 6.64. The van der Waals surface area contributed by atoms with Crippen molar-refractivity contribution in [3.8, 4) is 11.5 Å². The van der Waals surface area contributed by atoms with Gasteiger partial charge >= 0.3 is 0 Å². The number of rotatable bonds is 2. The number of ketones is 2. The van der Waals surface area contributed by atoms with Gasteiger partial charge in [0.1, 0.15) is 17.1 Å². The summed E-state index contributed by atoms with van der Waals surface area (Å²) in [6.07, 6.45) is 0.690. The Morgan fingerprint density at radius 1 is 1.18 bits per heavy atom. The molecule has 1 fully saturated rings. The van der Waals surface area contributed by atoms with Crippen LogP contribution in [0.15, 0.2) is 12.1 Å². The molecule has 118 valence electrons. The van der Waals surface area contributed by atoms with E-state index in [-0.39, 0.29) is 18.4 Å². The lowest BCUT2D eigenvalue weighted by Crippen LogP contribution is -2.54. The van der Waals surface area contributed by atoms with Crippen LogP contribution in [0.4, 0.5) is 0 Å². The molecule has 0 spiro atoms. The van der Waals surface area contributed by atoms with Crippen LogP contribution in [0.3, 0.4) is 0 Å². The van der Waals surface area contributed by atoms with Gasteiger partial charge < -0.3 is 15.9 Å². The van der Waals surface area contributed by atoms with Crippen LogP contribution in [0, 0.1) is 0 Å². The lowest BCUT2D eigenvalue weighted by Gasteiger charge is -2.31. The number of hydrogen-bond acceptors (Lipinski definition) is 7. The number of benzene rings is 1. The third-order valence-corrected chi connectivity index (χ3v) is 3.77. The van der Waals surface area contributed by atoms with Crippen molar-refractivity contribution in [2.75, 3.05) is 7.05 Å². The smallest absolute Gasteiger partial charge is 0.275 e. The van der Waals surface area contributed by atoms with E-state index in [1.807, 2.05) is 0 Å². The molecule has 0 heterocycles. The summed E-state index contributed by atoms with van der Waals surface area (Å²) in [5.74, 6) is 2.28. The zero-order valence-corrected chi connectivity index (χ0v) is 12.0. The van der Waals surface area contributed by atoms with Crippen LogP contribution in [-0.4, -0.2) is 39.7 Å². The van der Waals surface area contributed by atoms with Crippen LogP contribution >= 0.6 is 0 Å². The Kier molecular flexibility index (Phi) is 3.90. The second-order valence-electron chi connectivity index (χ2n) is 5.31. The molecule has 6 N–H and O–H groups in total. The fourth-order valence-corrected chi connectivity index (χ4v) is 2.52. The van der Waals surface area contributed by atoms with Crippen LogP contribution in [-0.2, 0) is 15.1 Å². The number of hydrogen-bond donors (Lipinski definition) is 4. The highest BCUT2D eigenvalue weighted by Gasteiger charge is 2.45. The van der Waals surface area contributed by atoms with E-state index >= 15 is 0 Å². The van der Waals surface area contributed by atoms with Crippen LogP contribution in [0.2, 0.25) is 0 Å². The highest BCUT2D eigenvalue weighted by atomic mass is 16.3. The van der Waals surface area contributed by atoms with Gasteiger partial charge in [-0.15, -0.1) is 0 Å². The van der Waals surface area contributed by atoms with Gasteiger partial charge in [0.25, 0.3) is 5.91 Å². The fraction of sp³-hybridized carbons (Fsp3) is 0.357. The minimum absolute atomic E-state index is 0.0478. The zero-order valence-electron chi connectivity index (χ0n) is 12.0. The number of hydrazine groups is 1. The summed E-state index contributed by atoms with van der Waals surface area (Å²) < 4.78 is 0. The lowest BCUT2D eigenvalue weighted by atomic mass is 9.75. The van der Waals surface area contributed by atoms with Crippen LogP contribution in [0.5, 0.6) is 11.5 Å². The molecule has 8 nitrogen and oxygen atoms in total. The molecule has 0 aromatic heterocycles. The molecular formula is C14H17N3O5. The largest absolute Gasteiger partial charge is 0.507 e. The van der Waals surface area contributed by atoms with Gasteiger partial charge in [-0.2, -0.15) is 0 Å². The molecule has 2 rings (SSSR count). The molecule has 1 amide bonds. The zero-order chi connectivity index (χ0) is 16.7. The molecule has 1 aromatic rings. The maximum absolute atomic E-state index is 12.1. The van der Waals surface area contributed by atoms with E-state index in [9.17, 15) is 24.6 Å². The Balaban J connectivity index is 2.57.